The molecule has 2 heterocycles. The van der Waals surface area contributed by atoms with Gasteiger partial charge in [0.25, 0.3) is 0 Å². The topological polar surface area (TPSA) is 55.6 Å². The lowest BCUT2D eigenvalue weighted by Gasteiger charge is -2.18. The molecule has 6 heteroatoms. The van der Waals surface area contributed by atoms with Crippen LogP contribution in [0.15, 0.2) is 29.1 Å². The lowest BCUT2D eigenvalue weighted by molar-refractivity contribution is 0.480. The van der Waals surface area contributed by atoms with Crippen molar-refractivity contribution < 1.29 is 0 Å². The zero-order valence-electron chi connectivity index (χ0n) is 12.6. The molecule has 1 N–H and O–H groups in total. The Hall–Kier alpha value is -1.27. The number of halogens is 1. The van der Waals surface area contributed by atoms with Gasteiger partial charge in [-0.2, -0.15) is 5.10 Å². The Morgan fingerprint density at radius 3 is 2.76 bits per heavy atom. The van der Waals surface area contributed by atoms with Crippen molar-refractivity contribution in [1.82, 2.24) is 25.1 Å². The molecule has 0 saturated carbocycles. The number of hydrogen-bond acceptors (Lipinski definition) is 4. The molecule has 2 aromatic rings. The standard InChI is InChI=1S/C15H22BrN5/c1-3-7-17-14(13-6-5-12(16)10-18-13)9-15-19-11-20-21(15)8-4-2/h5-6,10-11,14,17H,3-4,7-9H2,1-2H3. The quantitative estimate of drug-likeness (QED) is 0.793. The van der Waals surface area contributed by atoms with E-state index in [1.54, 1.807) is 6.33 Å². The zero-order valence-corrected chi connectivity index (χ0v) is 14.2. The minimum Gasteiger partial charge on any atom is -0.308 e. The second-order valence-corrected chi connectivity index (χ2v) is 5.93. The van der Waals surface area contributed by atoms with E-state index in [4.69, 9.17) is 0 Å². The first-order chi connectivity index (χ1) is 10.2. The van der Waals surface area contributed by atoms with E-state index in [1.165, 1.54) is 0 Å². The largest absolute Gasteiger partial charge is 0.308 e. The Balaban J connectivity index is 2.15. The molecule has 0 amide bonds. The maximum absolute atomic E-state index is 4.52. The fourth-order valence-corrected chi connectivity index (χ4v) is 2.46. The smallest absolute Gasteiger partial charge is 0.138 e. The monoisotopic (exact) mass is 351 g/mol. The molecule has 0 bridgehead atoms. The van der Waals surface area contributed by atoms with Crippen LogP contribution in [0.2, 0.25) is 0 Å². The summed E-state index contributed by atoms with van der Waals surface area (Å²) in [6.07, 6.45) is 6.42. The molecular formula is C15H22BrN5. The predicted molar refractivity (Wildman–Crippen MR) is 87.0 cm³/mol. The van der Waals surface area contributed by atoms with E-state index in [1.807, 2.05) is 16.9 Å². The first kappa shape index (κ1) is 16.1. The van der Waals surface area contributed by atoms with E-state index in [0.717, 1.165) is 48.3 Å². The summed E-state index contributed by atoms with van der Waals surface area (Å²) in [5, 5.41) is 7.85. The molecule has 0 aromatic carbocycles. The number of aryl methyl sites for hydroxylation is 1. The van der Waals surface area contributed by atoms with Crippen LogP contribution in [0.5, 0.6) is 0 Å². The number of rotatable bonds is 8. The summed E-state index contributed by atoms with van der Waals surface area (Å²) < 4.78 is 2.98. The summed E-state index contributed by atoms with van der Waals surface area (Å²) in [5.74, 6) is 1.01. The van der Waals surface area contributed by atoms with Crippen LogP contribution in [-0.2, 0) is 13.0 Å². The fraction of sp³-hybridized carbons (Fsp3) is 0.533. The number of pyridine rings is 1. The second-order valence-electron chi connectivity index (χ2n) is 5.01. The Labute approximate surface area is 134 Å². The van der Waals surface area contributed by atoms with Crippen LogP contribution in [0.25, 0.3) is 0 Å². The minimum absolute atomic E-state index is 0.165. The van der Waals surface area contributed by atoms with E-state index >= 15 is 0 Å². The average Bonchev–Trinajstić information content (AvgIpc) is 2.92. The second kappa shape index (κ2) is 8.24. The van der Waals surface area contributed by atoms with Gasteiger partial charge in [0.05, 0.1) is 11.7 Å². The maximum atomic E-state index is 4.52. The lowest BCUT2D eigenvalue weighted by Crippen LogP contribution is -2.26. The molecule has 114 valence electrons. The van der Waals surface area contributed by atoms with Crippen LogP contribution < -0.4 is 5.32 Å². The van der Waals surface area contributed by atoms with Crippen molar-refractivity contribution in [3.8, 4) is 0 Å². The number of aromatic nitrogens is 4. The first-order valence-corrected chi connectivity index (χ1v) is 8.25. The highest BCUT2D eigenvalue weighted by Crippen LogP contribution is 2.18. The number of nitrogens with zero attached hydrogens (tertiary/aromatic N) is 4. The van der Waals surface area contributed by atoms with Crippen LogP contribution >= 0.6 is 15.9 Å². The SMILES string of the molecule is CCCNC(Cc1ncnn1CCC)c1ccc(Br)cn1. The zero-order chi connectivity index (χ0) is 15.1. The van der Waals surface area contributed by atoms with Gasteiger partial charge in [0.1, 0.15) is 12.2 Å². The van der Waals surface area contributed by atoms with Crippen molar-refractivity contribution >= 4 is 15.9 Å². The van der Waals surface area contributed by atoms with Gasteiger partial charge in [-0.15, -0.1) is 0 Å². The van der Waals surface area contributed by atoms with Gasteiger partial charge in [0.15, 0.2) is 0 Å². The van der Waals surface area contributed by atoms with E-state index in [-0.39, 0.29) is 6.04 Å². The molecule has 0 aliphatic carbocycles. The fourth-order valence-electron chi connectivity index (χ4n) is 2.22. The average molecular weight is 352 g/mol. The number of nitrogens with one attached hydrogen (secondary N) is 1. The predicted octanol–water partition coefficient (Wildman–Crippen LogP) is 3.13. The van der Waals surface area contributed by atoms with Crippen molar-refractivity contribution in [3.05, 3.63) is 40.6 Å². The Morgan fingerprint density at radius 2 is 2.10 bits per heavy atom. The molecule has 2 rings (SSSR count). The van der Waals surface area contributed by atoms with Crippen LogP contribution in [0.3, 0.4) is 0 Å². The molecule has 0 aliphatic rings. The van der Waals surface area contributed by atoms with E-state index < -0.39 is 0 Å². The summed E-state index contributed by atoms with van der Waals surface area (Å²) in [6, 6.07) is 4.25. The van der Waals surface area contributed by atoms with E-state index in [9.17, 15) is 0 Å². The van der Waals surface area contributed by atoms with Crippen LogP contribution in [-0.4, -0.2) is 26.3 Å². The molecule has 1 atom stereocenters. The van der Waals surface area contributed by atoms with Crippen LogP contribution in [0.1, 0.15) is 44.2 Å². The van der Waals surface area contributed by atoms with Crippen molar-refractivity contribution in [2.45, 2.75) is 45.7 Å². The van der Waals surface area contributed by atoms with Gasteiger partial charge in [0, 0.05) is 23.6 Å². The van der Waals surface area contributed by atoms with Crippen LogP contribution in [0, 0.1) is 0 Å². The summed E-state index contributed by atoms with van der Waals surface area (Å²) >= 11 is 3.43. The van der Waals surface area contributed by atoms with Gasteiger partial charge in [-0.25, -0.2) is 4.98 Å². The van der Waals surface area contributed by atoms with Crippen molar-refractivity contribution in [3.63, 3.8) is 0 Å². The molecular weight excluding hydrogens is 330 g/mol. The summed E-state index contributed by atoms with van der Waals surface area (Å²) in [6.45, 7) is 6.18. The number of hydrogen-bond donors (Lipinski definition) is 1. The van der Waals surface area contributed by atoms with Crippen molar-refractivity contribution in [1.29, 1.82) is 0 Å². The Morgan fingerprint density at radius 1 is 1.24 bits per heavy atom. The molecule has 1 unspecified atom stereocenters. The molecule has 0 aliphatic heterocycles. The van der Waals surface area contributed by atoms with Gasteiger partial charge in [-0.05, 0) is 47.4 Å². The molecule has 0 spiro atoms. The molecule has 0 radical (unpaired) electrons. The molecule has 21 heavy (non-hydrogen) atoms. The van der Waals surface area contributed by atoms with Gasteiger partial charge in [-0.1, -0.05) is 13.8 Å². The highest BCUT2D eigenvalue weighted by atomic mass is 79.9. The molecule has 5 nitrogen and oxygen atoms in total. The van der Waals surface area contributed by atoms with Gasteiger partial charge in [-0.3, -0.25) is 9.67 Å². The highest BCUT2D eigenvalue weighted by molar-refractivity contribution is 9.10. The van der Waals surface area contributed by atoms with E-state index in [0.29, 0.717) is 0 Å². The van der Waals surface area contributed by atoms with Crippen LogP contribution in [0.4, 0.5) is 0 Å². The third-order valence-electron chi connectivity index (χ3n) is 3.27. The van der Waals surface area contributed by atoms with E-state index in [2.05, 4.69) is 56.2 Å². The van der Waals surface area contributed by atoms with Gasteiger partial charge in [0.2, 0.25) is 0 Å². The minimum atomic E-state index is 0.165. The van der Waals surface area contributed by atoms with Crippen molar-refractivity contribution in [2.75, 3.05) is 6.54 Å². The maximum Gasteiger partial charge on any atom is 0.138 e. The Kier molecular flexibility index (Phi) is 6.32. The molecule has 2 aromatic heterocycles. The third-order valence-corrected chi connectivity index (χ3v) is 3.73. The summed E-state index contributed by atoms with van der Waals surface area (Å²) in [5.41, 5.74) is 1.04. The van der Waals surface area contributed by atoms with Crippen molar-refractivity contribution in [2.24, 2.45) is 0 Å². The Bertz CT molecular complexity index is 537. The van der Waals surface area contributed by atoms with Gasteiger partial charge >= 0.3 is 0 Å². The summed E-state index contributed by atoms with van der Waals surface area (Å²) in [4.78, 5) is 8.92. The summed E-state index contributed by atoms with van der Waals surface area (Å²) in [7, 11) is 0. The first-order valence-electron chi connectivity index (χ1n) is 7.46. The molecule has 0 fully saturated rings. The lowest BCUT2D eigenvalue weighted by atomic mass is 10.1. The normalized spacial score (nSPS) is 12.5. The molecule has 0 saturated heterocycles. The third kappa shape index (κ3) is 4.61. The highest BCUT2D eigenvalue weighted by Gasteiger charge is 2.16. The van der Waals surface area contributed by atoms with Gasteiger partial charge < -0.3 is 5.32 Å².